The number of benzene rings is 2. The number of urea groups is 1. The number of aromatic nitrogens is 2. The maximum absolute atomic E-state index is 12.1. The number of hydrogen-bond donors (Lipinski definition) is 2. The van der Waals surface area contributed by atoms with Gasteiger partial charge in [0.25, 0.3) is 0 Å². The van der Waals surface area contributed by atoms with Crippen molar-refractivity contribution >= 4 is 34.9 Å². The Hall–Kier alpha value is -2.90. The Morgan fingerprint density at radius 2 is 1.97 bits per heavy atom. The summed E-state index contributed by atoms with van der Waals surface area (Å²) in [6, 6.07) is 10.5. The van der Waals surface area contributed by atoms with Gasteiger partial charge in [0, 0.05) is 18.3 Å². The van der Waals surface area contributed by atoms with Gasteiger partial charge in [0.1, 0.15) is 0 Å². The molecule has 29 heavy (non-hydrogen) atoms. The van der Waals surface area contributed by atoms with E-state index in [0.717, 1.165) is 11.1 Å². The normalized spacial score (nSPS) is 10.5. The van der Waals surface area contributed by atoms with E-state index in [4.69, 9.17) is 32.7 Å². The van der Waals surface area contributed by atoms with Crippen molar-refractivity contribution < 1.29 is 14.3 Å². The van der Waals surface area contributed by atoms with Crippen molar-refractivity contribution in [3.05, 3.63) is 70.0 Å². The van der Waals surface area contributed by atoms with Crippen molar-refractivity contribution in [2.45, 2.75) is 13.1 Å². The Balaban J connectivity index is 1.59. The molecule has 7 nitrogen and oxygen atoms in total. The SMILES string of the molecule is COc1cccc(Cn2cc(NC(=O)NCc3ccc(Cl)c(Cl)c3)cn2)c1OC. The molecule has 3 aromatic rings. The Labute approximate surface area is 178 Å². The maximum atomic E-state index is 12.1. The number of para-hydroxylation sites is 1. The van der Waals surface area contributed by atoms with E-state index in [1.165, 1.54) is 0 Å². The van der Waals surface area contributed by atoms with Gasteiger partial charge in [-0.2, -0.15) is 5.10 Å². The molecule has 3 rings (SSSR count). The van der Waals surface area contributed by atoms with E-state index < -0.39 is 0 Å². The third-order valence-electron chi connectivity index (χ3n) is 4.15. The second-order valence-corrected chi connectivity index (χ2v) is 6.95. The summed E-state index contributed by atoms with van der Waals surface area (Å²) in [6.45, 7) is 0.783. The fraction of sp³-hybridized carbons (Fsp3) is 0.200. The van der Waals surface area contributed by atoms with Crippen LogP contribution in [0.1, 0.15) is 11.1 Å². The van der Waals surface area contributed by atoms with E-state index in [-0.39, 0.29) is 6.03 Å². The number of ether oxygens (including phenoxy) is 2. The molecule has 2 N–H and O–H groups in total. The number of nitrogens with one attached hydrogen (secondary N) is 2. The van der Waals surface area contributed by atoms with Gasteiger partial charge in [-0.15, -0.1) is 0 Å². The van der Waals surface area contributed by atoms with Crippen LogP contribution in [0.2, 0.25) is 10.0 Å². The summed E-state index contributed by atoms with van der Waals surface area (Å²) < 4.78 is 12.5. The van der Waals surface area contributed by atoms with Crippen LogP contribution in [0.25, 0.3) is 0 Å². The molecule has 0 spiro atoms. The molecule has 9 heteroatoms. The average Bonchev–Trinajstić information content (AvgIpc) is 3.15. The number of nitrogens with zero attached hydrogens (tertiary/aromatic N) is 2. The third-order valence-corrected chi connectivity index (χ3v) is 4.88. The van der Waals surface area contributed by atoms with Crippen molar-refractivity contribution in [3.63, 3.8) is 0 Å². The number of halogens is 2. The number of methoxy groups -OCH3 is 2. The number of carbonyl (C=O) groups excluding carboxylic acids is 1. The first kappa shape index (κ1) is 20.8. The average molecular weight is 435 g/mol. The van der Waals surface area contributed by atoms with Crippen molar-refractivity contribution in [3.8, 4) is 11.5 Å². The summed E-state index contributed by atoms with van der Waals surface area (Å²) >= 11 is 11.9. The molecule has 0 radical (unpaired) electrons. The first-order chi connectivity index (χ1) is 14.0. The van der Waals surface area contributed by atoms with Gasteiger partial charge in [0.15, 0.2) is 11.5 Å². The van der Waals surface area contributed by atoms with Gasteiger partial charge in [0.05, 0.1) is 42.7 Å². The predicted octanol–water partition coefficient (Wildman–Crippen LogP) is 4.58. The standard InChI is InChI=1S/C20H20Cl2N4O3/c1-28-18-5-3-4-14(19(18)29-2)11-26-12-15(10-24-26)25-20(27)23-9-13-6-7-16(21)17(22)8-13/h3-8,10,12H,9,11H2,1-2H3,(H2,23,25,27). The van der Waals surface area contributed by atoms with E-state index in [1.807, 2.05) is 18.2 Å². The largest absolute Gasteiger partial charge is 0.493 e. The number of amides is 2. The number of carbonyl (C=O) groups is 1. The second-order valence-electron chi connectivity index (χ2n) is 6.14. The summed E-state index contributed by atoms with van der Waals surface area (Å²) in [4.78, 5) is 12.1. The minimum Gasteiger partial charge on any atom is -0.493 e. The van der Waals surface area contributed by atoms with Crippen LogP contribution >= 0.6 is 23.2 Å². The van der Waals surface area contributed by atoms with Gasteiger partial charge in [-0.3, -0.25) is 4.68 Å². The molecule has 152 valence electrons. The topological polar surface area (TPSA) is 77.4 Å². The summed E-state index contributed by atoms with van der Waals surface area (Å²) in [6.07, 6.45) is 3.31. The molecule has 0 fully saturated rings. The van der Waals surface area contributed by atoms with Crippen LogP contribution in [-0.4, -0.2) is 30.0 Å². The van der Waals surface area contributed by atoms with Gasteiger partial charge in [-0.05, 0) is 23.8 Å². The highest BCUT2D eigenvalue weighted by atomic mass is 35.5. The lowest BCUT2D eigenvalue weighted by Gasteiger charge is -2.12. The van der Waals surface area contributed by atoms with E-state index in [9.17, 15) is 4.79 Å². The van der Waals surface area contributed by atoms with Crippen LogP contribution in [0.3, 0.4) is 0 Å². The van der Waals surface area contributed by atoms with Crippen LogP contribution in [0, 0.1) is 0 Å². The Morgan fingerprint density at radius 1 is 1.14 bits per heavy atom. The van der Waals surface area contributed by atoms with Gasteiger partial charge < -0.3 is 20.1 Å². The number of rotatable bonds is 7. The first-order valence-corrected chi connectivity index (χ1v) is 9.47. The summed E-state index contributed by atoms with van der Waals surface area (Å²) in [5, 5.41) is 10.7. The minimum absolute atomic E-state index is 0.317. The third kappa shape index (κ3) is 5.34. The first-order valence-electron chi connectivity index (χ1n) is 8.71. The highest BCUT2D eigenvalue weighted by Crippen LogP contribution is 2.31. The van der Waals surface area contributed by atoms with Crippen LogP contribution in [0.4, 0.5) is 10.5 Å². The minimum atomic E-state index is -0.352. The van der Waals surface area contributed by atoms with Crippen LogP contribution < -0.4 is 20.1 Å². The number of anilines is 1. The quantitative estimate of drug-likeness (QED) is 0.570. The summed E-state index contributed by atoms with van der Waals surface area (Å²) in [5.74, 6) is 1.30. The lowest BCUT2D eigenvalue weighted by Crippen LogP contribution is -2.28. The zero-order valence-electron chi connectivity index (χ0n) is 15.9. The fourth-order valence-corrected chi connectivity index (χ4v) is 3.10. The Bertz CT molecular complexity index is 1010. The van der Waals surface area contributed by atoms with Gasteiger partial charge in [0.2, 0.25) is 0 Å². The van der Waals surface area contributed by atoms with E-state index in [0.29, 0.717) is 40.3 Å². The molecular weight excluding hydrogens is 415 g/mol. The monoisotopic (exact) mass is 434 g/mol. The Morgan fingerprint density at radius 3 is 2.69 bits per heavy atom. The van der Waals surface area contributed by atoms with Crippen molar-refractivity contribution in [2.75, 3.05) is 19.5 Å². The van der Waals surface area contributed by atoms with Gasteiger partial charge in [-0.1, -0.05) is 41.4 Å². The van der Waals surface area contributed by atoms with Gasteiger partial charge >= 0.3 is 6.03 Å². The maximum Gasteiger partial charge on any atom is 0.319 e. The molecule has 0 bridgehead atoms. The molecule has 2 aromatic carbocycles. The summed E-state index contributed by atoms with van der Waals surface area (Å²) in [7, 11) is 3.18. The molecule has 0 unspecified atom stereocenters. The van der Waals surface area contributed by atoms with E-state index in [2.05, 4.69) is 15.7 Å². The molecule has 0 atom stereocenters. The Kier molecular flexibility index (Phi) is 6.85. The molecule has 1 heterocycles. The van der Waals surface area contributed by atoms with Gasteiger partial charge in [-0.25, -0.2) is 4.79 Å². The van der Waals surface area contributed by atoms with Crippen LogP contribution in [0.15, 0.2) is 48.8 Å². The van der Waals surface area contributed by atoms with Crippen LogP contribution in [0.5, 0.6) is 11.5 Å². The highest BCUT2D eigenvalue weighted by Gasteiger charge is 2.11. The predicted molar refractivity (Wildman–Crippen MR) is 113 cm³/mol. The molecule has 1 aromatic heterocycles. The summed E-state index contributed by atoms with van der Waals surface area (Å²) in [5.41, 5.74) is 2.32. The van der Waals surface area contributed by atoms with E-state index in [1.54, 1.807) is 49.5 Å². The lowest BCUT2D eigenvalue weighted by molar-refractivity contribution is 0.251. The fourth-order valence-electron chi connectivity index (χ4n) is 2.77. The molecule has 0 aliphatic carbocycles. The van der Waals surface area contributed by atoms with Crippen molar-refractivity contribution in [1.29, 1.82) is 0 Å². The molecule has 2 amide bonds. The molecule has 0 aliphatic rings. The molecule has 0 saturated heterocycles. The zero-order chi connectivity index (χ0) is 20.8. The van der Waals surface area contributed by atoms with Crippen LogP contribution in [-0.2, 0) is 13.1 Å². The molecule has 0 saturated carbocycles. The highest BCUT2D eigenvalue weighted by molar-refractivity contribution is 6.42. The van der Waals surface area contributed by atoms with E-state index >= 15 is 0 Å². The molecular formula is C20H20Cl2N4O3. The van der Waals surface area contributed by atoms with Crippen molar-refractivity contribution in [2.24, 2.45) is 0 Å². The smallest absolute Gasteiger partial charge is 0.319 e. The zero-order valence-corrected chi connectivity index (χ0v) is 17.4. The lowest BCUT2D eigenvalue weighted by atomic mass is 10.2. The molecule has 0 aliphatic heterocycles. The second kappa shape index (κ2) is 9.54. The van der Waals surface area contributed by atoms with Crippen molar-refractivity contribution in [1.82, 2.24) is 15.1 Å². The number of hydrogen-bond acceptors (Lipinski definition) is 4.